The number of hydrogen-bond donors (Lipinski definition) is 3. The van der Waals surface area contributed by atoms with Gasteiger partial charge in [-0.3, -0.25) is 10.1 Å². The average Bonchev–Trinajstić information content (AvgIpc) is 2.97. The van der Waals surface area contributed by atoms with Gasteiger partial charge in [0.25, 0.3) is 5.91 Å². The van der Waals surface area contributed by atoms with E-state index in [0.717, 1.165) is 3.57 Å². The Morgan fingerprint density at radius 2 is 2.00 bits per heavy atom. The summed E-state index contributed by atoms with van der Waals surface area (Å²) in [6, 6.07) is 9.36. The van der Waals surface area contributed by atoms with Gasteiger partial charge in [0.1, 0.15) is 12.3 Å². The summed E-state index contributed by atoms with van der Waals surface area (Å²) in [5, 5.41) is 13.6. The fourth-order valence-electron chi connectivity index (χ4n) is 2.56. The molecule has 0 saturated carbocycles. The van der Waals surface area contributed by atoms with E-state index in [9.17, 15) is 14.4 Å². The number of benzene rings is 2. The van der Waals surface area contributed by atoms with Crippen molar-refractivity contribution >= 4 is 46.6 Å². The number of aromatic carboxylic acids is 1. The number of methoxy groups -OCH3 is 1. The zero-order valence-corrected chi connectivity index (χ0v) is 16.8. The monoisotopic (exact) mass is 494 g/mol. The van der Waals surface area contributed by atoms with Crippen molar-refractivity contribution in [2.24, 2.45) is 0 Å². The summed E-state index contributed by atoms with van der Waals surface area (Å²) in [4.78, 5) is 34.0. The van der Waals surface area contributed by atoms with E-state index in [0.29, 0.717) is 22.6 Å². The van der Waals surface area contributed by atoms with Crippen LogP contribution in [-0.4, -0.2) is 30.1 Å². The van der Waals surface area contributed by atoms with Crippen molar-refractivity contribution in [1.29, 1.82) is 0 Å². The van der Waals surface area contributed by atoms with Crippen molar-refractivity contribution < 1.29 is 29.0 Å². The van der Waals surface area contributed by atoms with Gasteiger partial charge >= 0.3 is 12.0 Å². The third kappa shape index (κ3) is 4.42. The summed E-state index contributed by atoms with van der Waals surface area (Å²) in [6.07, 6.45) is 1.53. The summed E-state index contributed by atoms with van der Waals surface area (Å²) in [7, 11) is 1.49. The quantitative estimate of drug-likeness (QED) is 0.324. The zero-order chi connectivity index (χ0) is 20.3. The van der Waals surface area contributed by atoms with Gasteiger partial charge in [0.2, 0.25) is 0 Å². The van der Waals surface area contributed by atoms with Gasteiger partial charge in [-0.15, -0.1) is 0 Å². The van der Waals surface area contributed by atoms with Crippen LogP contribution in [0, 0.1) is 3.57 Å². The minimum absolute atomic E-state index is 0.141. The minimum Gasteiger partial charge on any atom is -0.493 e. The standard InChI is InChI=1S/C19H15IN2O6/c1-27-15-8-11(7-14-17(23)22-19(26)21-14)6-13(20)16(15)28-9-10-3-2-4-12(5-10)18(24)25/h2-8H,9H2,1H3,(H,24,25)(H2,21,22,23,26). The molecule has 0 aromatic heterocycles. The largest absolute Gasteiger partial charge is 0.493 e. The molecule has 8 nitrogen and oxygen atoms in total. The van der Waals surface area contributed by atoms with Crippen molar-refractivity contribution in [3.8, 4) is 11.5 Å². The predicted octanol–water partition coefficient (Wildman–Crippen LogP) is 2.76. The van der Waals surface area contributed by atoms with Gasteiger partial charge in [-0.05, 0) is 64.1 Å². The number of hydrogen-bond acceptors (Lipinski definition) is 5. The van der Waals surface area contributed by atoms with Crippen LogP contribution < -0.4 is 20.1 Å². The molecule has 0 atom stereocenters. The minimum atomic E-state index is -1.01. The van der Waals surface area contributed by atoms with Crippen molar-refractivity contribution in [1.82, 2.24) is 10.6 Å². The molecule has 1 saturated heterocycles. The number of carbonyl (C=O) groups is 3. The van der Waals surface area contributed by atoms with Crippen LogP contribution in [-0.2, 0) is 11.4 Å². The highest BCUT2D eigenvalue weighted by atomic mass is 127. The van der Waals surface area contributed by atoms with Crippen LogP contribution in [0.4, 0.5) is 4.79 Å². The maximum Gasteiger partial charge on any atom is 0.335 e. The first kappa shape index (κ1) is 19.7. The van der Waals surface area contributed by atoms with Crippen molar-refractivity contribution in [2.75, 3.05) is 7.11 Å². The molecule has 1 aliphatic rings. The summed E-state index contributed by atoms with van der Waals surface area (Å²) in [5.41, 5.74) is 1.67. The number of carboxylic acid groups (broad SMARTS) is 1. The second-order valence-corrected chi connectivity index (χ2v) is 6.96. The molecule has 3 rings (SSSR count). The van der Waals surface area contributed by atoms with Crippen LogP contribution in [0.1, 0.15) is 21.5 Å². The lowest BCUT2D eigenvalue weighted by Gasteiger charge is -2.14. The van der Waals surface area contributed by atoms with E-state index in [4.69, 9.17) is 14.6 Å². The molecular weight excluding hydrogens is 479 g/mol. The molecule has 1 heterocycles. The first-order valence-corrected chi connectivity index (χ1v) is 9.12. The second kappa shape index (κ2) is 8.30. The average molecular weight is 494 g/mol. The van der Waals surface area contributed by atoms with Crippen LogP contribution in [0.15, 0.2) is 42.1 Å². The Balaban J connectivity index is 1.83. The Morgan fingerprint density at radius 1 is 1.21 bits per heavy atom. The summed E-state index contributed by atoms with van der Waals surface area (Å²) in [6.45, 7) is 0.159. The van der Waals surface area contributed by atoms with E-state index in [1.807, 2.05) is 0 Å². The molecule has 1 fully saturated rings. The SMILES string of the molecule is COc1cc(C=C2NC(=O)NC2=O)cc(I)c1OCc1cccc(C(=O)O)c1. The number of amides is 3. The number of carbonyl (C=O) groups excluding carboxylic acids is 2. The maximum absolute atomic E-state index is 11.7. The van der Waals surface area contributed by atoms with Gasteiger partial charge < -0.3 is 19.9 Å². The highest BCUT2D eigenvalue weighted by molar-refractivity contribution is 14.1. The molecule has 9 heteroatoms. The number of nitrogens with one attached hydrogen (secondary N) is 2. The fourth-order valence-corrected chi connectivity index (χ4v) is 3.34. The molecular formula is C19H15IN2O6. The van der Waals surface area contributed by atoms with E-state index in [1.165, 1.54) is 19.3 Å². The highest BCUT2D eigenvalue weighted by Gasteiger charge is 2.23. The van der Waals surface area contributed by atoms with Crippen molar-refractivity contribution in [3.05, 3.63) is 62.4 Å². The van der Waals surface area contributed by atoms with Crippen LogP contribution in [0.25, 0.3) is 6.08 Å². The molecule has 0 radical (unpaired) electrons. The summed E-state index contributed by atoms with van der Waals surface area (Å²) >= 11 is 2.07. The fraction of sp³-hybridized carbons (Fsp3) is 0.105. The summed E-state index contributed by atoms with van der Waals surface area (Å²) < 4.78 is 12.0. The lowest BCUT2D eigenvalue weighted by Crippen LogP contribution is -2.22. The van der Waals surface area contributed by atoms with Gasteiger partial charge in [-0.2, -0.15) is 0 Å². The van der Waals surface area contributed by atoms with Crippen LogP contribution in [0.2, 0.25) is 0 Å². The van der Waals surface area contributed by atoms with Gasteiger partial charge in [0.05, 0.1) is 16.2 Å². The molecule has 3 N–H and O–H groups in total. The molecule has 0 spiro atoms. The number of imide groups is 1. The normalized spacial score (nSPS) is 14.6. The predicted molar refractivity (Wildman–Crippen MR) is 108 cm³/mol. The van der Waals surface area contributed by atoms with Crippen LogP contribution in [0.5, 0.6) is 11.5 Å². The molecule has 28 heavy (non-hydrogen) atoms. The Bertz CT molecular complexity index is 1000. The third-order valence-electron chi connectivity index (χ3n) is 3.84. The Morgan fingerprint density at radius 3 is 2.64 bits per heavy atom. The van der Waals surface area contributed by atoms with E-state index < -0.39 is 17.9 Å². The topological polar surface area (TPSA) is 114 Å². The molecule has 2 aromatic carbocycles. The zero-order valence-electron chi connectivity index (χ0n) is 14.6. The number of rotatable bonds is 6. The number of urea groups is 1. The molecule has 3 amide bonds. The van der Waals surface area contributed by atoms with E-state index in [-0.39, 0.29) is 17.9 Å². The number of carboxylic acids is 1. The van der Waals surface area contributed by atoms with E-state index in [2.05, 4.69) is 33.2 Å². The lowest BCUT2D eigenvalue weighted by molar-refractivity contribution is -0.115. The first-order chi connectivity index (χ1) is 13.4. The van der Waals surface area contributed by atoms with Crippen LogP contribution >= 0.6 is 22.6 Å². The van der Waals surface area contributed by atoms with Crippen molar-refractivity contribution in [3.63, 3.8) is 0 Å². The third-order valence-corrected chi connectivity index (χ3v) is 4.64. The second-order valence-electron chi connectivity index (χ2n) is 5.79. The maximum atomic E-state index is 11.7. The molecule has 0 aliphatic carbocycles. The number of halogens is 1. The lowest BCUT2D eigenvalue weighted by atomic mass is 10.1. The molecule has 144 valence electrons. The van der Waals surface area contributed by atoms with E-state index >= 15 is 0 Å². The molecule has 2 aromatic rings. The molecule has 1 aliphatic heterocycles. The Labute approximate surface area is 173 Å². The van der Waals surface area contributed by atoms with E-state index in [1.54, 1.807) is 30.3 Å². The van der Waals surface area contributed by atoms with Gasteiger partial charge in [0, 0.05) is 0 Å². The molecule has 0 bridgehead atoms. The number of ether oxygens (including phenoxy) is 2. The van der Waals surface area contributed by atoms with Crippen LogP contribution in [0.3, 0.4) is 0 Å². The highest BCUT2D eigenvalue weighted by Crippen LogP contribution is 2.35. The molecule has 0 unspecified atom stereocenters. The van der Waals surface area contributed by atoms with Gasteiger partial charge in [-0.25, -0.2) is 9.59 Å². The summed E-state index contributed by atoms with van der Waals surface area (Å²) in [5.74, 6) is -0.573. The van der Waals surface area contributed by atoms with Gasteiger partial charge in [-0.1, -0.05) is 12.1 Å². The first-order valence-electron chi connectivity index (χ1n) is 8.04. The Hall–Kier alpha value is -3.08. The van der Waals surface area contributed by atoms with Gasteiger partial charge in [0.15, 0.2) is 11.5 Å². The Kier molecular flexibility index (Phi) is 5.83. The smallest absolute Gasteiger partial charge is 0.335 e. The van der Waals surface area contributed by atoms with Crippen molar-refractivity contribution in [2.45, 2.75) is 6.61 Å².